The summed E-state index contributed by atoms with van der Waals surface area (Å²) in [4.78, 5) is 27.3. The van der Waals surface area contributed by atoms with Crippen LogP contribution in [0.2, 0.25) is 0 Å². The molecule has 3 aromatic rings. The van der Waals surface area contributed by atoms with Crippen molar-refractivity contribution < 1.29 is 23.1 Å². The maximum absolute atomic E-state index is 13.2. The molecule has 0 bridgehead atoms. The molecule has 3 rings (SSSR count). The SMILES string of the molecule is C[C@H](OC(=O)CCc1c[nH]c2ccccc12)C(=O)c1ccc(F)c(F)c1. The summed E-state index contributed by atoms with van der Waals surface area (Å²) in [7, 11) is 0. The molecule has 0 unspecified atom stereocenters. The van der Waals surface area contributed by atoms with Gasteiger partial charge in [0, 0.05) is 29.1 Å². The van der Waals surface area contributed by atoms with Gasteiger partial charge in [-0.25, -0.2) is 8.78 Å². The van der Waals surface area contributed by atoms with Crippen LogP contribution in [0.25, 0.3) is 10.9 Å². The fourth-order valence-electron chi connectivity index (χ4n) is 2.77. The molecule has 0 saturated heterocycles. The number of benzene rings is 2. The van der Waals surface area contributed by atoms with Crippen LogP contribution in [0.5, 0.6) is 0 Å². The highest BCUT2D eigenvalue weighted by atomic mass is 19.2. The van der Waals surface area contributed by atoms with E-state index < -0.39 is 29.5 Å². The van der Waals surface area contributed by atoms with E-state index in [2.05, 4.69) is 4.98 Å². The van der Waals surface area contributed by atoms with Gasteiger partial charge in [-0.05, 0) is 43.2 Å². The molecule has 2 aromatic carbocycles. The number of hydrogen-bond donors (Lipinski definition) is 1. The first-order valence-electron chi connectivity index (χ1n) is 8.19. The molecule has 0 aliphatic rings. The van der Waals surface area contributed by atoms with Gasteiger partial charge in [0.25, 0.3) is 0 Å². The predicted octanol–water partition coefficient (Wildman–Crippen LogP) is 4.19. The van der Waals surface area contributed by atoms with Gasteiger partial charge < -0.3 is 9.72 Å². The summed E-state index contributed by atoms with van der Waals surface area (Å²) in [6.07, 6.45) is 1.34. The lowest BCUT2D eigenvalue weighted by molar-refractivity contribution is -0.146. The number of hydrogen-bond acceptors (Lipinski definition) is 3. The quantitative estimate of drug-likeness (QED) is 0.531. The first-order chi connectivity index (χ1) is 12.5. The molecule has 4 nitrogen and oxygen atoms in total. The Morgan fingerprint density at radius 3 is 2.65 bits per heavy atom. The van der Waals surface area contributed by atoms with Crippen molar-refractivity contribution in [2.24, 2.45) is 0 Å². The molecule has 0 amide bonds. The Morgan fingerprint density at radius 1 is 1.12 bits per heavy atom. The van der Waals surface area contributed by atoms with Gasteiger partial charge in [0.05, 0.1) is 0 Å². The van der Waals surface area contributed by atoms with Crippen LogP contribution in [0, 0.1) is 11.6 Å². The maximum Gasteiger partial charge on any atom is 0.306 e. The highest BCUT2D eigenvalue weighted by molar-refractivity contribution is 6.00. The molecule has 0 saturated carbocycles. The second-order valence-corrected chi connectivity index (χ2v) is 5.98. The first kappa shape index (κ1) is 17.8. The summed E-state index contributed by atoms with van der Waals surface area (Å²) >= 11 is 0. The van der Waals surface area contributed by atoms with Crippen LogP contribution >= 0.6 is 0 Å². The Bertz CT molecular complexity index is 965. The molecule has 0 radical (unpaired) electrons. The van der Waals surface area contributed by atoms with Crippen molar-refractivity contribution in [2.75, 3.05) is 0 Å². The van der Waals surface area contributed by atoms with Gasteiger partial charge in [0.15, 0.2) is 17.7 Å². The maximum atomic E-state index is 13.2. The number of esters is 1. The highest BCUT2D eigenvalue weighted by Crippen LogP contribution is 2.19. The van der Waals surface area contributed by atoms with Crippen molar-refractivity contribution in [3.05, 3.63) is 71.4 Å². The molecular formula is C20H17F2NO3. The summed E-state index contributed by atoms with van der Waals surface area (Å²) in [6.45, 7) is 1.41. The molecule has 0 fully saturated rings. The van der Waals surface area contributed by atoms with Gasteiger partial charge in [-0.2, -0.15) is 0 Å². The fraction of sp³-hybridized carbons (Fsp3) is 0.200. The standard InChI is InChI=1S/C20H17F2NO3/c1-12(20(25)13-6-8-16(21)17(22)10-13)26-19(24)9-7-14-11-23-18-5-3-2-4-15(14)18/h2-6,8,10-12,23H,7,9H2,1H3/t12-/m0/s1. The van der Waals surface area contributed by atoms with Gasteiger partial charge in [0.2, 0.25) is 5.78 Å². The zero-order chi connectivity index (χ0) is 18.7. The Balaban J connectivity index is 1.58. The van der Waals surface area contributed by atoms with E-state index in [9.17, 15) is 18.4 Å². The smallest absolute Gasteiger partial charge is 0.306 e. The minimum atomic E-state index is -1.12. The number of fused-ring (bicyclic) bond motifs is 1. The van der Waals surface area contributed by atoms with E-state index in [1.165, 1.54) is 6.92 Å². The second kappa shape index (κ2) is 7.47. The van der Waals surface area contributed by atoms with Crippen molar-refractivity contribution in [3.63, 3.8) is 0 Å². The number of aromatic nitrogens is 1. The average Bonchev–Trinajstić information content (AvgIpc) is 3.05. The number of nitrogens with one attached hydrogen (secondary N) is 1. The van der Waals surface area contributed by atoms with Gasteiger partial charge in [-0.15, -0.1) is 0 Å². The number of carbonyl (C=O) groups is 2. The fourth-order valence-corrected chi connectivity index (χ4v) is 2.77. The minimum absolute atomic E-state index is 0.0409. The van der Waals surface area contributed by atoms with E-state index >= 15 is 0 Å². The average molecular weight is 357 g/mol. The summed E-state index contributed by atoms with van der Waals surface area (Å²) in [6, 6.07) is 10.6. The predicted molar refractivity (Wildman–Crippen MR) is 92.9 cm³/mol. The van der Waals surface area contributed by atoms with E-state index in [1.807, 2.05) is 30.5 Å². The molecular weight excluding hydrogens is 340 g/mol. The number of H-pyrrole nitrogens is 1. The van der Waals surface area contributed by atoms with Crippen molar-refractivity contribution in [3.8, 4) is 0 Å². The Labute approximate surface area is 148 Å². The van der Waals surface area contributed by atoms with Crippen LogP contribution in [0.15, 0.2) is 48.7 Å². The summed E-state index contributed by atoms with van der Waals surface area (Å²) in [5.74, 6) is -3.26. The van der Waals surface area contributed by atoms with E-state index in [4.69, 9.17) is 4.74 Å². The molecule has 1 aromatic heterocycles. The van der Waals surface area contributed by atoms with Crippen molar-refractivity contribution >= 4 is 22.7 Å². The molecule has 0 spiro atoms. The van der Waals surface area contributed by atoms with E-state index in [1.54, 1.807) is 0 Å². The number of Topliss-reactive ketones (excluding diaryl/α,β-unsaturated/α-hetero) is 1. The zero-order valence-corrected chi connectivity index (χ0v) is 14.1. The normalized spacial score (nSPS) is 12.1. The first-order valence-corrected chi connectivity index (χ1v) is 8.19. The number of aromatic amines is 1. The van der Waals surface area contributed by atoms with Crippen molar-refractivity contribution in [1.29, 1.82) is 0 Å². The van der Waals surface area contributed by atoms with Gasteiger partial charge >= 0.3 is 5.97 Å². The summed E-state index contributed by atoms with van der Waals surface area (Å²) in [5.41, 5.74) is 1.93. The third-order valence-electron chi connectivity index (χ3n) is 4.15. The Morgan fingerprint density at radius 2 is 1.88 bits per heavy atom. The number of aryl methyl sites for hydroxylation is 1. The third-order valence-corrected chi connectivity index (χ3v) is 4.15. The summed E-state index contributed by atoms with van der Waals surface area (Å²) < 4.78 is 31.3. The Hall–Kier alpha value is -3.02. The number of rotatable bonds is 6. The van der Waals surface area contributed by atoms with Crippen LogP contribution in [-0.4, -0.2) is 22.8 Å². The third kappa shape index (κ3) is 3.79. The minimum Gasteiger partial charge on any atom is -0.454 e. The monoisotopic (exact) mass is 357 g/mol. The molecule has 1 atom stereocenters. The lowest BCUT2D eigenvalue weighted by Gasteiger charge is -2.12. The molecule has 0 aliphatic carbocycles. The highest BCUT2D eigenvalue weighted by Gasteiger charge is 2.21. The molecule has 1 N–H and O–H groups in total. The number of ether oxygens (including phenoxy) is 1. The van der Waals surface area contributed by atoms with Crippen LogP contribution in [0.1, 0.15) is 29.3 Å². The Kier molecular flexibility index (Phi) is 5.11. The number of halogens is 2. The molecule has 26 heavy (non-hydrogen) atoms. The zero-order valence-electron chi connectivity index (χ0n) is 14.1. The van der Waals surface area contributed by atoms with Crippen molar-refractivity contribution in [2.45, 2.75) is 25.9 Å². The van der Waals surface area contributed by atoms with Gasteiger partial charge in [-0.3, -0.25) is 9.59 Å². The van der Waals surface area contributed by atoms with E-state index in [0.29, 0.717) is 6.42 Å². The van der Waals surface area contributed by atoms with Crippen molar-refractivity contribution in [1.82, 2.24) is 4.98 Å². The molecule has 0 aliphatic heterocycles. The second-order valence-electron chi connectivity index (χ2n) is 5.98. The number of ketones is 1. The molecule has 1 heterocycles. The largest absolute Gasteiger partial charge is 0.454 e. The van der Waals surface area contributed by atoms with E-state index in [0.717, 1.165) is 34.7 Å². The molecule has 134 valence electrons. The lowest BCUT2D eigenvalue weighted by Crippen LogP contribution is -2.24. The van der Waals surface area contributed by atoms with Crippen LogP contribution in [0.4, 0.5) is 8.78 Å². The molecule has 6 heteroatoms. The number of para-hydroxylation sites is 1. The summed E-state index contributed by atoms with van der Waals surface area (Å²) in [5, 5.41) is 1.03. The lowest BCUT2D eigenvalue weighted by atomic mass is 10.1. The van der Waals surface area contributed by atoms with Gasteiger partial charge in [-0.1, -0.05) is 18.2 Å². The van der Waals surface area contributed by atoms with Crippen LogP contribution in [-0.2, 0) is 16.0 Å². The van der Waals surface area contributed by atoms with Gasteiger partial charge in [0.1, 0.15) is 0 Å². The van der Waals surface area contributed by atoms with Crippen LogP contribution < -0.4 is 0 Å². The topological polar surface area (TPSA) is 59.2 Å². The number of carbonyl (C=O) groups excluding carboxylic acids is 2. The van der Waals surface area contributed by atoms with Crippen LogP contribution in [0.3, 0.4) is 0 Å². The van der Waals surface area contributed by atoms with E-state index in [-0.39, 0.29) is 12.0 Å².